The molecule has 0 N–H and O–H groups in total. The number of hydrogen-bond acceptors (Lipinski definition) is 12. The summed E-state index contributed by atoms with van der Waals surface area (Å²) in [6, 6.07) is 12.6. The molecule has 1 fully saturated rings. The van der Waals surface area contributed by atoms with Crippen LogP contribution in [0.15, 0.2) is 36.4 Å². The number of ether oxygens (including phenoxy) is 6. The molecule has 250 valence electrons. The SMILES string of the molecule is c1cc2nc(c1)CN1CCOCCOCCN3COCCN(CCOCCOCCN(CCOCC1)C2)Cc1cccc(n1)C3. The van der Waals surface area contributed by atoms with Crippen molar-refractivity contribution in [1.29, 1.82) is 0 Å². The maximum Gasteiger partial charge on any atom is 0.0995 e. The maximum atomic E-state index is 6.08. The standard InChI is InChI=1S/C33H52N6O6/c1-3-30-25-36-7-14-40-15-8-37(26-31(4-1)34-30)10-17-42-23-24-44-19-13-39-28-33-6-2-5-32(35-33)27-38(12-20-45-29-39)11-18-43-22-21-41-16-9-36/h1-6H,7-29H2. The number of hydrogen-bond donors (Lipinski definition) is 0. The van der Waals surface area contributed by atoms with Crippen LogP contribution in [0.5, 0.6) is 0 Å². The molecule has 8 bridgehead atoms. The number of nitrogens with zero attached hydrogens (tertiary/aromatic N) is 6. The van der Waals surface area contributed by atoms with E-state index in [0.717, 1.165) is 94.8 Å². The van der Waals surface area contributed by atoms with E-state index in [1.807, 2.05) is 0 Å². The number of rotatable bonds is 0. The molecule has 0 spiro atoms. The van der Waals surface area contributed by atoms with Crippen LogP contribution in [0.25, 0.3) is 0 Å². The summed E-state index contributed by atoms with van der Waals surface area (Å²) < 4.78 is 35.9. The molecule has 4 aliphatic heterocycles. The third-order valence-electron chi connectivity index (χ3n) is 8.15. The lowest BCUT2D eigenvalue weighted by Crippen LogP contribution is -2.35. The van der Waals surface area contributed by atoms with E-state index in [2.05, 4.69) is 56.0 Å². The number of pyridine rings is 2. The van der Waals surface area contributed by atoms with Crippen LogP contribution in [0.1, 0.15) is 22.8 Å². The lowest BCUT2D eigenvalue weighted by atomic mass is 10.2. The van der Waals surface area contributed by atoms with Crippen molar-refractivity contribution in [3.63, 3.8) is 0 Å². The lowest BCUT2D eigenvalue weighted by molar-refractivity contribution is -0.0131. The molecule has 1 saturated heterocycles. The molecule has 2 aromatic heterocycles. The topological polar surface area (TPSA) is 94.1 Å². The first-order valence-electron chi connectivity index (χ1n) is 16.6. The molecule has 12 heteroatoms. The second-order valence-corrected chi connectivity index (χ2v) is 11.7. The molecule has 6 heterocycles. The van der Waals surface area contributed by atoms with Crippen LogP contribution in [-0.2, 0) is 54.6 Å². The summed E-state index contributed by atoms with van der Waals surface area (Å²) in [4.78, 5) is 19.2. The van der Waals surface area contributed by atoms with Gasteiger partial charge in [0.25, 0.3) is 0 Å². The van der Waals surface area contributed by atoms with Gasteiger partial charge in [-0.2, -0.15) is 0 Å². The van der Waals surface area contributed by atoms with E-state index in [-0.39, 0.29) is 0 Å². The Morgan fingerprint density at radius 1 is 0.356 bits per heavy atom. The fraction of sp³-hybridized carbons (Fsp3) is 0.697. The summed E-state index contributed by atoms with van der Waals surface area (Å²) in [7, 11) is 0. The van der Waals surface area contributed by atoms with Crippen LogP contribution in [0.4, 0.5) is 0 Å². The predicted molar refractivity (Wildman–Crippen MR) is 170 cm³/mol. The minimum atomic E-state index is 0.544. The van der Waals surface area contributed by atoms with Crippen LogP contribution in [0.3, 0.4) is 0 Å². The Balaban J connectivity index is 1.18. The molecule has 4 unspecified atom stereocenters. The first-order chi connectivity index (χ1) is 22.3. The Hall–Kier alpha value is -2.10. The third-order valence-corrected chi connectivity index (χ3v) is 8.15. The molecule has 0 aromatic carbocycles. The van der Waals surface area contributed by atoms with Crippen molar-refractivity contribution < 1.29 is 28.4 Å². The van der Waals surface area contributed by atoms with Gasteiger partial charge in [-0.05, 0) is 24.3 Å². The van der Waals surface area contributed by atoms with Gasteiger partial charge in [0.05, 0.1) is 102 Å². The van der Waals surface area contributed by atoms with Crippen molar-refractivity contribution in [1.82, 2.24) is 29.6 Å². The Labute approximate surface area is 268 Å². The average Bonchev–Trinajstić information content (AvgIpc) is 3.06. The highest BCUT2D eigenvalue weighted by atomic mass is 16.5. The molecule has 4 atom stereocenters. The van der Waals surface area contributed by atoms with Gasteiger partial charge in [0.2, 0.25) is 0 Å². The summed E-state index contributed by atoms with van der Waals surface area (Å²) in [5, 5.41) is 0. The summed E-state index contributed by atoms with van der Waals surface area (Å²) in [5.41, 5.74) is 4.26. The van der Waals surface area contributed by atoms with Crippen LogP contribution in [0, 0.1) is 0 Å². The zero-order chi connectivity index (χ0) is 30.8. The Bertz CT molecular complexity index is 1020. The van der Waals surface area contributed by atoms with E-state index >= 15 is 0 Å². The third kappa shape index (κ3) is 13.3. The van der Waals surface area contributed by atoms with E-state index in [0.29, 0.717) is 79.4 Å². The normalized spacial score (nSPS) is 28.1. The van der Waals surface area contributed by atoms with Gasteiger partial charge in [-0.15, -0.1) is 0 Å². The molecule has 0 amide bonds. The van der Waals surface area contributed by atoms with Crippen molar-refractivity contribution in [2.75, 3.05) is 125 Å². The minimum Gasteiger partial charge on any atom is -0.379 e. The summed E-state index contributed by atoms with van der Waals surface area (Å²) in [6.45, 7) is 16.1. The van der Waals surface area contributed by atoms with Gasteiger partial charge in [-0.25, -0.2) is 0 Å². The van der Waals surface area contributed by atoms with Crippen molar-refractivity contribution in [3.05, 3.63) is 59.2 Å². The monoisotopic (exact) mass is 628 g/mol. The van der Waals surface area contributed by atoms with Crippen molar-refractivity contribution in [2.45, 2.75) is 26.2 Å². The smallest absolute Gasteiger partial charge is 0.0995 e. The predicted octanol–water partition coefficient (Wildman–Crippen LogP) is 1.48. The van der Waals surface area contributed by atoms with Gasteiger partial charge in [-0.1, -0.05) is 12.1 Å². The lowest BCUT2D eigenvalue weighted by Gasteiger charge is -2.26. The second kappa shape index (κ2) is 20.2. The molecule has 0 saturated carbocycles. The van der Waals surface area contributed by atoms with Crippen molar-refractivity contribution >= 4 is 0 Å². The Morgan fingerprint density at radius 2 is 0.644 bits per heavy atom. The van der Waals surface area contributed by atoms with Crippen molar-refractivity contribution in [2.24, 2.45) is 0 Å². The van der Waals surface area contributed by atoms with Gasteiger partial charge in [0.1, 0.15) is 0 Å². The average molecular weight is 629 g/mol. The number of fused-ring (bicyclic) bond motifs is 20. The molecule has 2 aromatic rings. The van der Waals surface area contributed by atoms with Crippen LogP contribution in [-0.4, -0.2) is 155 Å². The molecule has 4 aliphatic rings. The largest absolute Gasteiger partial charge is 0.379 e. The Morgan fingerprint density at radius 3 is 1.02 bits per heavy atom. The second-order valence-electron chi connectivity index (χ2n) is 11.7. The van der Waals surface area contributed by atoms with Crippen LogP contribution in [0.2, 0.25) is 0 Å². The van der Waals surface area contributed by atoms with Gasteiger partial charge in [0.15, 0.2) is 0 Å². The summed E-state index contributed by atoms with van der Waals surface area (Å²) in [5.74, 6) is 0. The highest BCUT2D eigenvalue weighted by Crippen LogP contribution is 2.10. The van der Waals surface area contributed by atoms with E-state index in [9.17, 15) is 0 Å². The quantitative estimate of drug-likeness (QED) is 0.423. The van der Waals surface area contributed by atoms with E-state index in [1.54, 1.807) is 0 Å². The summed E-state index contributed by atoms with van der Waals surface area (Å²) in [6.07, 6.45) is 0. The van der Waals surface area contributed by atoms with E-state index in [1.165, 1.54) is 0 Å². The zero-order valence-corrected chi connectivity index (χ0v) is 26.9. The number of aromatic nitrogens is 2. The van der Waals surface area contributed by atoms with E-state index in [4.69, 9.17) is 38.4 Å². The van der Waals surface area contributed by atoms with Crippen LogP contribution < -0.4 is 0 Å². The van der Waals surface area contributed by atoms with E-state index < -0.39 is 0 Å². The Kier molecular flexibility index (Phi) is 15.4. The molecule has 12 nitrogen and oxygen atoms in total. The molecule has 45 heavy (non-hydrogen) atoms. The molecular weight excluding hydrogens is 576 g/mol. The highest BCUT2D eigenvalue weighted by molar-refractivity contribution is 5.12. The first-order valence-corrected chi connectivity index (χ1v) is 16.6. The molecule has 0 aliphatic carbocycles. The zero-order valence-electron chi connectivity index (χ0n) is 26.9. The van der Waals surface area contributed by atoms with Gasteiger partial charge in [0, 0.05) is 72.0 Å². The maximum absolute atomic E-state index is 6.08. The van der Waals surface area contributed by atoms with Gasteiger partial charge in [-0.3, -0.25) is 29.6 Å². The molecular formula is C33H52N6O6. The fourth-order valence-corrected chi connectivity index (χ4v) is 5.62. The highest BCUT2D eigenvalue weighted by Gasteiger charge is 2.15. The minimum absolute atomic E-state index is 0.544. The van der Waals surface area contributed by atoms with Gasteiger partial charge >= 0.3 is 0 Å². The van der Waals surface area contributed by atoms with Crippen molar-refractivity contribution in [3.8, 4) is 0 Å². The fourth-order valence-electron chi connectivity index (χ4n) is 5.62. The van der Waals surface area contributed by atoms with Crippen LogP contribution >= 0.6 is 0 Å². The first kappa shape index (κ1) is 34.2. The molecule has 0 radical (unpaired) electrons. The van der Waals surface area contributed by atoms with Gasteiger partial charge < -0.3 is 28.4 Å². The molecule has 6 rings (SSSR count). The summed E-state index contributed by atoms with van der Waals surface area (Å²) >= 11 is 0.